The van der Waals surface area contributed by atoms with Gasteiger partial charge in [-0.25, -0.2) is 8.42 Å². The number of hydrogen-bond acceptors (Lipinski definition) is 4. The number of rotatable bonds is 8. The number of anilines is 1. The molecule has 0 fully saturated rings. The highest BCUT2D eigenvalue weighted by molar-refractivity contribution is 7.92. The van der Waals surface area contributed by atoms with Crippen molar-refractivity contribution in [2.45, 2.75) is 24.0 Å². The normalized spacial score (nSPS) is 11.6. The van der Waals surface area contributed by atoms with Gasteiger partial charge in [-0.3, -0.25) is 9.52 Å². The Morgan fingerprint density at radius 2 is 1.58 bits per heavy atom. The zero-order valence-corrected chi connectivity index (χ0v) is 18.3. The Labute approximate surface area is 189 Å². The molecule has 0 bridgehead atoms. The van der Waals surface area contributed by atoms with Gasteiger partial charge >= 0.3 is 6.18 Å². The Hall–Kier alpha value is -3.53. The number of halogens is 3. The van der Waals surface area contributed by atoms with E-state index in [4.69, 9.17) is 4.74 Å². The third-order valence-corrected chi connectivity index (χ3v) is 6.07. The molecule has 0 aliphatic heterocycles. The Morgan fingerprint density at radius 1 is 0.939 bits per heavy atom. The van der Waals surface area contributed by atoms with E-state index >= 15 is 0 Å². The molecule has 0 radical (unpaired) electrons. The molecule has 3 aromatic rings. The lowest BCUT2D eigenvalue weighted by molar-refractivity contribution is -0.137. The molecule has 2 N–H and O–H groups in total. The zero-order valence-electron chi connectivity index (χ0n) is 17.5. The van der Waals surface area contributed by atoms with Crippen molar-refractivity contribution < 1.29 is 31.1 Å². The minimum atomic E-state index is -4.65. The summed E-state index contributed by atoms with van der Waals surface area (Å²) in [5, 5.41) is 2.79. The molecular formula is C23H21F3N2O4S. The van der Waals surface area contributed by atoms with Crippen molar-refractivity contribution in [1.29, 1.82) is 0 Å². The lowest BCUT2D eigenvalue weighted by atomic mass is 10.1. The van der Waals surface area contributed by atoms with Gasteiger partial charge in [0.25, 0.3) is 10.0 Å². The van der Waals surface area contributed by atoms with Crippen LogP contribution in [0.2, 0.25) is 0 Å². The van der Waals surface area contributed by atoms with Gasteiger partial charge in [0.05, 0.1) is 24.0 Å². The van der Waals surface area contributed by atoms with Crippen LogP contribution < -0.4 is 14.8 Å². The van der Waals surface area contributed by atoms with Gasteiger partial charge in [-0.2, -0.15) is 13.2 Å². The van der Waals surface area contributed by atoms with E-state index < -0.39 is 26.7 Å². The largest absolute Gasteiger partial charge is 0.497 e. The monoisotopic (exact) mass is 478 g/mol. The number of amides is 1. The number of methoxy groups -OCH3 is 1. The molecule has 174 valence electrons. The Morgan fingerprint density at radius 3 is 2.18 bits per heavy atom. The standard InChI is InChI=1S/C23H21F3N2O4S/c1-32-20-11-7-17(8-12-20)15-27-22(29)13-16-5-9-19(10-6-16)28-33(30,31)21-4-2-3-18(14-21)23(24,25)26/h2-12,14,28H,13,15H2,1H3,(H,27,29). The highest BCUT2D eigenvalue weighted by Crippen LogP contribution is 2.30. The SMILES string of the molecule is COc1ccc(CNC(=O)Cc2ccc(NS(=O)(=O)c3cccc(C(F)(F)F)c3)cc2)cc1. The molecule has 10 heteroatoms. The van der Waals surface area contributed by atoms with Crippen LogP contribution in [-0.4, -0.2) is 21.4 Å². The third kappa shape index (κ3) is 6.72. The number of carbonyl (C=O) groups excluding carboxylic acids is 1. The second kappa shape index (κ2) is 9.95. The average Bonchev–Trinajstić information content (AvgIpc) is 2.79. The van der Waals surface area contributed by atoms with Crippen molar-refractivity contribution in [2.24, 2.45) is 0 Å². The summed E-state index contributed by atoms with van der Waals surface area (Å²) in [6.45, 7) is 0.345. The number of nitrogens with one attached hydrogen (secondary N) is 2. The van der Waals surface area contributed by atoms with Gasteiger partial charge in [0.15, 0.2) is 0 Å². The number of benzene rings is 3. The molecule has 0 heterocycles. The second-order valence-electron chi connectivity index (χ2n) is 7.13. The van der Waals surface area contributed by atoms with E-state index in [1.54, 1.807) is 31.4 Å². The van der Waals surface area contributed by atoms with Crippen molar-refractivity contribution >= 4 is 21.6 Å². The zero-order chi connectivity index (χ0) is 24.1. The smallest absolute Gasteiger partial charge is 0.416 e. The molecule has 0 atom stereocenters. The average molecular weight is 478 g/mol. The van der Waals surface area contributed by atoms with E-state index in [2.05, 4.69) is 10.0 Å². The van der Waals surface area contributed by atoms with Crippen molar-refractivity contribution in [3.63, 3.8) is 0 Å². The maximum absolute atomic E-state index is 12.9. The van der Waals surface area contributed by atoms with E-state index in [0.717, 1.165) is 23.8 Å². The van der Waals surface area contributed by atoms with Gasteiger partial charge in [-0.15, -0.1) is 0 Å². The molecular weight excluding hydrogens is 457 g/mol. The maximum Gasteiger partial charge on any atom is 0.416 e. The summed E-state index contributed by atoms with van der Waals surface area (Å²) in [6.07, 6.45) is -4.57. The van der Waals surface area contributed by atoms with Crippen LogP contribution in [0.25, 0.3) is 0 Å². The van der Waals surface area contributed by atoms with Crippen LogP contribution >= 0.6 is 0 Å². The fraction of sp³-hybridized carbons (Fsp3) is 0.174. The van der Waals surface area contributed by atoms with E-state index in [-0.39, 0.29) is 18.0 Å². The van der Waals surface area contributed by atoms with Crippen LogP contribution in [0.3, 0.4) is 0 Å². The Balaban J connectivity index is 1.58. The predicted octanol–water partition coefficient (Wildman–Crippen LogP) is 4.37. The number of alkyl halides is 3. The molecule has 0 saturated heterocycles. The molecule has 6 nitrogen and oxygen atoms in total. The van der Waals surface area contributed by atoms with Gasteiger partial charge in [-0.1, -0.05) is 30.3 Å². The quantitative estimate of drug-likeness (QED) is 0.504. The van der Waals surface area contributed by atoms with Crippen LogP contribution in [0.4, 0.5) is 18.9 Å². The minimum Gasteiger partial charge on any atom is -0.497 e. The summed E-state index contributed by atoms with van der Waals surface area (Å²) in [5.74, 6) is 0.497. The predicted molar refractivity (Wildman–Crippen MR) is 117 cm³/mol. The van der Waals surface area contributed by atoms with Crippen molar-refractivity contribution in [1.82, 2.24) is 5.32 Å². The topological polar surface area (TPSA) is 84.5 Å². The summed E-state index contributed by atoms with van der Waals surface area (Å²) in [7, 11) is -2.65. The van der Waals surface area contributed by atoms with Crippen LogP contribution in [0.15, 0.2) is 77.7 Å². The molecule has 0 unspecified atom stereocenters. The van der Waals surface area contributed by atoms with Crippen molar-refractivity contribution in [2.75, 3.05) is 11.8 Å². The summed E-state index contributed by atoms with van der Waals surface area (Å²) in [5.41, 5.74) is 0.656. The molecule has 0 spiro atoms. The summed E-state index contributed by atoms with van der Waals surface area (Å²) in [6, 6.07) is 16.8. The first-order valence-corrected chi connectivity index (χ1v) is 11.2. The number of ether oxygens (including phenoxy) is 1. The van der Waals surface area contributed by atoms with Gasteiger partial charge in [0, 0.05) is 12.2 Å². The number of carbonyl (C=O) groups is 1. The highest BCUT2D eigenvalue weighted by atomic mass is 32.2. The molecule has 0 aliphatic carbocycles. The number of sulfonamides is 1. The van der Waals surface area contributed by atoms with Gasteiger partial charge < -0.3 is 10.1 Å². The molecule has 0 aromatic heterocycles. The van der Waals surface area contributed by atoms with E-state index in [0.29, 0.717) is 23.9 Å². The molecule has 0 saturated carbocycles. The lowest BCUT2D eigenvalue weighted by Gasteiger charge is -2.11. The molecule has 3 rings (SSSR count). The highest BCUT2D eigenvalue weighted by Gasteiger charge is 2.31. The lowest BCUT2D eigenvalue weighted by Crippen LogP contribution is -2.24. The fourth-order valence-corrected chi connectivity index (χ4v) is 4.04. The van der Waals surface area contributed by atoms with E-state index in [1.165, 1.54) is 12.1 Å². The van der Waals surface area contributed by atoms with Gasteiger partial charge in [0.1, 0.15) is 5.75 Å². The Kier molecular flexibility index (Phi) is 7.27. The van der Waals surface area contributed by atoms with Gasteiger partial charge in [0.2, 0.25) is 5.91 Å². The third-order valence-electron chi connectivity index (χ3n) is 4.69. The minimum absolute atomic E-state index is 0.0802. The van der Waals surface area contributed by atoms with Gasteiger partial charge in [-0.05, 0) is 53.6 Å². The van der Waals surface area contributed by atoms with Crippen molar-refractivity contribution in [3.05, 3.63) is 89.5 Å². The second-order valence-corrected chi connectivity index (χ2v) is 8.81. The molecule has 1 amide bonds. The summed E-state index contributed by atoms with van der Waals surface area (Å²) in [4.78, 5) is 11.7. The van der Waals surface area contributed by atoms with E-state index in [1.807, 2.05) is 12.1 Å². The van der Waals surface area contributed by atoms with Crippen LogP contribution in [0.5, 0.6) is 5.75 Å². The summed E-state index contributed by atoms with van der Waals surface area (Å²) < 4.78 is 70.8. The first-order chi connectivity index (χ1) is 15.6. The first-order valence-electron chi connectivity index (χ1n) is 9.75. The maximum atomic E-state index is 12.9. The van der Waals surface area contributed by atoms with Crippen LogP contribution in [0.1, 0.15) is 16.7 Å². The molecule has 0 aliphatic rings. The van der Waals surface area contributed by atoms with Crippen LogP contribution in [0, 0.1) is 0 Å². The van der Waals surface area contributed by atoms with Crippen molar-refractivity contribution in [3.8, 4) is 5.75 Å². The fourth-order valence-electron chi connectivity index (χ4n) is 2.94. The van der Waals surface area contributed by atoms with E-state index in [9.17, 15) is 26.4 Å². The Bertz CT molecular complexity index is 1210. The number of hydrogen-bond donors (Lipinski definition) is 2. The molecule has 33 heavy (non-hydrogen) atoms. The van der Waals surface area contributed by atoms with Crippen LogP contribution in [-0.2, 0) is 34.0 Å². The first kappa shape index (κ1) is 24.1. The molecule has 3 aromatic carbocycles. The summed E-state index contributed by atoms with van der Waals surface area (Å²) >= 11 is 0.